The molecule has 0 radical (unpaired) electrons. The molecule has 0 aliphatic carbocycles. The number of aryl methyl sites for hydroxylation is 1. The number of benzene rings is 2. The van der Waals surface area contributed by atoms with Gasteiger partial charge >= 0.3 is 0 Å². The van der Waals surface area contributed by atoms with Gasteiger partial charge in [-0.25, -0.2) is 16.4 Å². The minimum Gasteiger partial charge on any atom is -0.472 e. The summed E-state index contributed by atoms with van der Waals surface area (Å²) in [7, 11) is 0. The Kier molecular flexibility index (Phi) is 5.92. The quantitative estimate of drug-likeness (QED) is 0.343. The predicted molar refractivity (Wildman–Crippen MR) is 111 cm³/mol. The molecule has 0 atom stereocenters. The average molecular weight is 403 g/mol. The summed E-state index contributed by atoms with van der Waals surface area (Å²) in [6, 6.07) is 14.9. The van der Waals surface area contributed by atoms with Crippen LogP contribution in [0.4, 0.5) is 5.69 Å². The second kappa shape index (κ2) is 8.36. The monoisotopic (exact) mass is 402 g/mol. The van der Waals surface area contributed by atoms with E-state index in [0.717, 1.165) is 16.8 Å². The lowest BCUT2D eigenvalue weighted by Gasteiger charge is -2.22. The summed E-state index contributed by atoms with van der Waals surface area (Å²) in [6.07, 6.45) is 1.82. The second-order valence-corrected chi connectivity index (χ2v) is 6.58. The van der Waals surface area contributed by atoms with Crippen LogP contribution in [0, 0.1) is 6.92 Å². The maximum atomic E-state index is 6.04. The van der Waals surface area contributed by atoms with Gasteiger partial charge in [-0.3, -0.25) is 10.4 Å². The standard InChI is InChI=1S/C18H19ClN6OS/c1-12-3-2-4-16(25(21)18(27)22-20)15(12)11-26-17-9-10-24(23-17)14-7-5-13(19)6-8-14/h2-10H,11,20-21H2,1H3,(H,22,27). The minimum absolute atomic E-state index is 0.203. The molecule has 9 heteroatoms. The highest BCUT2D eigenvalue weighted by Gasteiger charge is 2.14. The van der Waals surface area contributed by atoms with Crippen molar-refractivity contribution in [1.82, 2.24) is 15.2 Å². The van der Waals surface area contributed by atoms with Gasteiger partial charge < -0.3 is 4.74 Å². The van der Waals surface area contributed by atoms with Gasteiger partial charge in [-0.15, -0.1) is 5.10 Å². The number of hydrogen-bond acceptors (Lipinski definition) is 5. The zero-order chi connectivity index (χ0) is 19.4. The summed E-state index contributed by atoms with van der Waals surface area (Å²) >= 11 is 11.0. The third kappa shape index (κ3) is 4.37. The van der Waals surface area contributed by atoms with E-state index in [-0.39, 0.29) is 11.7 Å². The minimum atomic E-state index is 0.203. The van der Waals surface area contributed by atoms with Crippen molar-refractivity contribution < 1.29 is 4.74 Å². The molecule has 0 spiro atoms. The van der Waals surface area contributed by atoms with Crippen LogP contribution in [-0.2, 0) is 6.61 Å². The molecule has 0 bridgehead atoms. The van der Waals surface area contributed by atoms with Gasteiger partial charge in [0.1, 0.15) is 6.61 Å². The summed E-state index contributed by atoms with van der Waals surface area (Å²) in [6.45, 7) is 2.25. The van der Waals surface area contributed by atoms with Crippen LogP contribution in [0.15, 0.2) is 54.7 Å². The number of nitrogens with zero attached hydrogens (tertiary/aromatic N) is 3. The van der Waals surface area contributed by atoms with Gasteiger partial charge in [0, 0.05) is 22.8 Å². The molecular formula is C18H19ClN6OS. The fourth-order valence-corrected chi connectivity index (χ4v) is 2.77. The van der Waals surface area contributed by atoms with E-state index in [1.165, 1.54) is 5.01 Å². The van der Waals surface area contributed by atoms with Gasteiger partial charge in [-0.2, -0.15) is 0 Å². The van der Waals surface area contributed by atoms with Crippen molar-refractivity contribution in [3.05, 3.63) is 70.9 Å². The Hall–Kier alpha value is -2.65. The number of rotatable bonds is 5. The maximum absolute atomic E-state index is 6.04. The van der Waals surface area contributed by atoms with Crippen molar-refractivity contribution in [2.24, 2.45) is 11.7 Å². The normalized spacial score (nSPS) is 10.5. The van der Waals surface area contributed by atoms with E-state index >= 15 is 0 Å². The summed E-state index contributed by atoms with van der Waals surface area (Å²) < 4.78 is 7.58. The van der Waals surface area contributed by atoms with E-state index in [4.69, 9.17) is 40.2 Å². The molecule has 2 aromatic carbocycles. The van der Waals surface area contributed by atoms with Crippen LogP contribution in [0.5, 0.6) is 5.88 Å². The average Bonchev–Trinajstić information content (AvgIpc) is 3.15. The Balaban J connectivity index is 1.77. The zero-order valence-corrected chi connectivity index (χ0v) is 16.2. The summed E-state index contributed by atoms with van der Waals surface area (Å²) in [4.78, 5) is 0. The van der Waals surface area contributed by atoms with Crippen LogP contribution in [0.1, 0.15) is 11.1 Å². The lowest BCUT2D eigenvalue weighted by Crippen LogP contribution is -2.47. The number of hydrogen-bond donors (Lipinski definition) is 3. The largest absolute Gasteiger partial charge is 0.472 e. The van der Waals surface area contributed by atoms with Crippen molar-refractivity contribution in [1.29, 1.82) is 0 Å². The topological polar surface area (TPSA) is 94.4 Å². The number of nitrogens with two attached hydrogens (primary N) is 2. The summed E-state index contributed by atoms with van der Waals surface area (Å²) in [5.41, 5.74) is 5.87. The van der Waals surface area contributed by atoms with Gasteiger partial charge in [0.2, 0.25) is 11.0 Å². The lowest BCUT2D eigenvalue weighted by molar-refractivity contribution is 0.291. The molecule has 3 rings (SSSR count). The molecule has 1 aromatic heterocycles. The van der Waals surface area contributed by atoms with E-state index in [9.17, 15) is 0 Å². The Morgan fingerprint density at radius 2 is 2.00 bits per heavy atom. The van der Waals surface area contributed by atoms with Gasteiger partial charge in [-0.05, 0) is 55.0 Å². The van der Waals surface area contributed by atoms with Crippen LogP contribution >= 0.6 is 23.8 Å². The van der Waals surface area contributed by atoms with Gasteiger partial charge in [0.05, 0.1) is 11.4 Å². The smallest absolute Gasteiger partial charge is 0.233 e. The molecule has 140 valence electrons. The molecule has 0 aliphatic heterocycles. The Labute approximate surface area is 167 Å². The summed E-state index contributed by atoms with van der Waals surface area (Å²) in [5.74, 6) is 11.9. The molecule has 0 saturated carbocycles. The molecule has 3 aromatic rings. The second-order valence-electron chi connectivity index (χ2n) is 5.76. The maximum Gasteiger partial charge on any atom is 0.233 e. The Morgan fingerprint density at radius 3 is 2.70 bits per heavy atom. The highest BCUT2D eigenvalue weighted by atomic mass is 35.5. The highest BCUT2D eigenvalue weighted by Crippen LogP contribution is 2.24. The first-order chi connectivity index (χ1) is 13.0. The third-order valence-corrected chi connectivity index (χ3v) is 4.57. The van der Waals surface area contributed by atoms with E-state index in [1.807, 2.05) is 55.6 Å². The van der Waals surface area contributed by atoms with E-state index in [0.29, 0.717) is 16.6 Å². The first kappa shape index (κ1) is 19.1. The van der Waals surface area contributed by atoms with Crippen LogP contribution in [0.3, 0.4) is 0 Å². The Morgan fingerprint density at radius 1 is 1.26 bits per heavy atom. The van der Waals surface area contributed by atoms with Crippen molar-refractivity contribution in [2.75, 3.05) is 5.01 Å². The number of anilines is 1. The molecule has 0 saturated heterocycles. The number of hydrazine groups is 2. The molecule has 0 amide bonds. The van der Waals surface area contributed by atoms with Crippen LogP contribution in [0.25, 0.3) is 5.69 Å². The lowest BCUT2D eigenvalue weighted by atomic mass is 10.1. The van der Waals surface area contributed by atoms with Crippen molar-refractivity contribution >= 4 is 34.6 Å². The molecular weight excluding hydrogens is 384 g/mol. The molecule has 0 unspecified atom stereocenters. The van der Waals surface area contributed by atoms with Gasteiger partial charge in [0.15, 0.2) is 0 Å². The van der Waals surface area contributed by atoms with Crippen LogP contribution < -0.4 is 26.9 Å². The zero-order valence-electron chi connectivity index (χ0n) is 14.6. The molecule has 5 N–H and O–H groups in total. The molecule has 7 nitrogen and oxygen atoms in total. The number of aromatic nitrogens is 2. The van der Waals surface area contributed by atoms with Crippen molar-refractivity contribution in [2.45, 2.75) is 13.5 Å². The van der Waals surface area contributed by atoms with Crippen LogP contribution in [0.2, 0.25) is 5.02 Å². The number of nitrogens with one attached hydrogen (secondary N) is 1. The third-order valence-electron chi connectivity index (χ3n) is 4.01. The van der Waals surface area contributed by atoms with E-state index in [2.05, 4.69) is 10.5 Å². The number of thiocarbonyl (C=S) groups is 1. The molecule has 27 heavy (non-hydrogen) atoms. The highest BCUT2D eigenvalue weighted by molar-refractivity contribution is 7.80. The first-order valence-electron chi connectivity index (χ1n) is 8.08. The fraction of sp³-hybridized carbons (Fsp3) is 0.111. The SMILES string of the molecule is Cc1cccc(N(N)C(=S)NN)c1COc1ccn(-c2ccc(Cl)cc2)n1. The number of halogens is 1. The summed E-state index contributed by atoms with van der Waals surface area (Å²) in [5, 5.41) is 6.62. The number of ether oxygens (including phenoxy) is 1. The van der Waals surface area contributed by atoms with Crippen LogP contribution in [-0.4, -0.2) is 14.9 Å². The van der Waals surface area contributed by atoms with E-state index < -0.39 is 0 Å². The first-order valence-corrected chi connectivity index (χ1v) is 8.86. The molecule has 1 heterocycles. The van der Waals surface area contributed by atoms with Gasteiger partial charge in [0.25, 0.3) is 0 Å². The van der Waals surface area contributed by atoms with E-state index in [1.54, 1.807) is 10.7 Å². The van der Waals surface area contributed by atoms with Gasteiger partial charge in [-0.1, -0.05) is 23.7 Å². The molecule has 0 aliphatic rings. The predicted octanol–water partition coefficient (Wildman–Crippen LogP) is 2.84. The van der Waals surface area contributed by atoms with Crippen molar-refractivity contribution in [3.8, 4) is 11.6 Å². The van der Waals surface area contributed by atoms with Crippen molar-refractivity contribution in [3.63, 3.8) is 0 Å². The Bertz CT molecular complexity index is 943. The molecule has 0 fully saturated rings. The fourth-order valence-electron chi connectivity index (χ4n) is 2.55.